The van der Waals surface area contributed by atoms with Crippen LogP contribution in [0.4, 0.5) is 0 Å². The molecule has 0 heterocycles. The van der Waals surface area contributed by atoms with Crippen LogP contribution in [0.3, 0.4) is 0 Å². The van der Waals surface area contributed by atoms with Gasteiger partial charge in [-0.2, -0.15) is 0 Å². The number of hydrogen-bond donors (Lipinski definition) is 2. The van der Waals surface area contributed by atoms with E-state index in [9.17, 15) is 4.79 Å². The topological polar surface area (TPSA) is 55.1 Å². The van der Waals surface area contributed by atoms with E-state index < -0.39 is 0 Å². The van der Waals surface area contributed by atoms with E-state index in [4.69, 9.17) is 5.73 Å². The number of carbonyl (C=O) groups excluding carboxylic acids is 1. The van der Waals surface area contributed by atoms with Crippen molar-refractivity contribution in [1.29, 1.82) is 0 Å². The molecule has 3 rings (SSSR count). The molecular formula is C17H24N2O. The standard InChI is InChI=1S/C17H24N2O/c1-10-5-3-4-6-14(10)11(2)19-17(20)15-12-7-8-13(9-12)16(15)18/h3-6,11-13,15-16H,7-9,18H2,1-2H3,(H,19,20)/t11-,12?,13?,15?,16?/m0/s1. The number of nitrogens with one attached hydrogen (secondary N) is 1. The molecule has 3 heteroatoms. The predicted molar refractivity (Wildman–Crippen MR) is 80.0 cm³/mol. The van der Waals surface area contributed by atoms with Gasteiger partial charge in [-0.25, -0.2) is 0 Å². The van der Waals surface area contributed by atoms with Crippen LogP contribution in [0.1, 0.15) is 43.4 Å². The summed E-state index contributed by atoms with van der Waals surface area (Å²) in [7, 11) is 0. The van der Waals surface area contributed by atoms with Crippen molar-refractivity contribution in [3.8, 4) is 0 Å². The maximum Gasteiger partial charge on any atom is 0.225 e. The molecule has 1 aromatic carbocycles. The fraction of sp³-hybridized carbons (Fsp3) is 0.588. The molecule has 0 spiro atoms. The van der Waals surface area contributed by atoms with Gasteiger partial charge in [-0.3, -0.25) is 4.79 Å². The molecule has 1 amide bonds. The smallest absolute Gasteiger partial charge is 0.225 e. The average Bonchev–Trinajstić information content (AvgIpc) is 2.99. The van der Waals surface area contributed by atoms with Gasteiger partial charge in [-0.05, 0) is 56.1 Å². The Bertz CT molecular complexity index is 511. The van der Waals surface area contributed by atoms with Gasteiger partial charge in [0.05, 0.1) is 12.0 Å². The Morgan fingerprint density at radius 2 is 2.00 bits per heavy atom. The van der Waals surface area contributed by atoms with Crippen molar-refractivity contribution in [2.45, 2.75) is 45.2 Å². The molecule has 0 aromatic heterocycles. The summed E-state index contributed by atoms with van der Waals surface area (Å²) >= 11 is 0. The minimum Gasteiger partial charge on any atom is -0.349 e. The quantitative estimate of drug-likeness (QED) is 0.888. The van der Waals surface area contributed by atoms with Crippen molar-refractivity contribution in [3.05, 3.63) is 35.4 Å². The van der Waals surface area contributed by atoms with Crippen LogP contribution in [-0.4, -0.2) is 11.9 Å². The largest absolute Gasteiger partial charge is 0.349 e. The number of carbonyl (C=O) groups is 1. The van der Waals surface area contributed by atoms with Gasteiger partial charge in [0.2, 0.25) is 5.91 Å². The molecular weight excluding hydrogens is 248 g/mol. The highest BCUT2D eigenvalue weighted by molar-refractivity contribution is 5.81. The molecule has 1 aromatic rings. The fourth-order valence-electron chi connectivity index (χ4n) is 4.18. The van der Waals surface area contributed by atoms with Gasteiger partial charge >= 0.3 is 0 Å². The zero-order valence-corrected chi connectivity index (χ0v) is 12.3. The van der Waals surface area contributed by atoms with Crippen LogP contribution in [0.5, 0.6) is 0 Å². The lowest BCUT2D eigenvalue weighted by Crippen LogP contribution is -2.45. The van der Waals surface area contributed by atoms with Crippen LogP contribution in [0, 0.1) is 24.7 Å². The van der Waals surface area contributed by atoms with Crippen molar-refractivity contribution in [2.24, 2.45) is 23.5 Å². The molecule has 108 valence electrons. The second kappa shape index (κ2) is 5.21. The second-order valence-electron chi connectivity index (χ2n) is 6.52. The lowest BCUT2D eigenvalue weighted by molar-refractivity contribution is -0.127. The summed E-state index contributed by atoms with van der Waals surface area (Å²) in [4.78, 5) is 12.5. The van der Waals surface area contributed by atoms with E-state index in [1.54, 1.807) is 0 Å². The Morgan fingerprint density at radius 1 is 1.30 bits per heavy atom. The van der Waals surface area contributed by atoms with Gasteiger partial charge in [0, 0.05) is 6.04 Å². The van der Waals surface area contributed by atoms with E-state index >= 15 is 0 Å². The van der Waals surface area contributed by atoms with Crippen molar-refractivity contribution < 1.29 is 4.79 Å². The van der Waals surface area contributed by atoms with Crippen LogP contribution in [-0.2, 0) is 4.79 Å². The van der Waals surface area contributed by atoms with Gasteiger partial charge < -0.3 is 11.1 Å². The highest BCUT2D eigenvalue weighted by Crippen LogP contribution is 2.47. The first-order valence-corrected chi connectivity index (χ1v) is 7.69. The normalized spacial score (nSPS) is 33.1. The summed E-state index contributed by atoms with van der Waals surface area (Å²) in [6.45, 7) is 4.14. The molecule has 5 atom stereocenters. The maximum atomic E-state index is 12.5. The molecule has 20 heavy (non-hydrogen) atoms. The SMILES string of the molecule is Cc1ccccc1[C@H](C)NC(=O)C1C2CCC(C2)C1N. The van der Waals surface area contributed by atoms with E-state index in [0.717, 1.165) is 6.42 Å². The predicted octanol–water partition coefficient (Wildman–Crippen LogP) is 2.55. The summed E-state index contributed by atoms with van der Waals surface area (Å²) in [5, 5.41) is 3.18. The van der Waals surface area contributed by atoms with E-state index in [-0.39, 0.29) is 23.9 Å². The van der Waals surface area contributed by atoms with Gasteiger partial charge in [-0.1, -0.05) is 24.3 Å². The molecule has 0 aliphatic heterocycles. The molecule has 2 aliphatic carbocycles. The van der Waals surface area contributed by atoms with Crippen molar-refractivity contribution in [1.82, 2.24) is 5.32 Å². The number of rotatable bonds is 3. The fourth-order valence-corrected chi connectivity index (χ4v) is 4.18. The molecule has 3 N–H and O–H groups in total. The monoisotopic (exact) mass is 272 g/mol. The third-order valence-electron chi connectivity index (χ3n) is 5.30. The van der Waals surface area contributed by atoms with E-state index in [2.05, 4.69) is 31.3 Å². The molecule has 0 saturated heterocycles. The molecule has 0 radical (unpaired) electrons. The Hall–Kier alpha value is -1.35. The third-order valence-corrected chi connectivity index (χ3v) is 5.30. The van der Waals surface area contributed by atoms with Crippen molar-refractivity contribution in [2.75, 3.05) is 0 Å². The Kier molecular flexibility index (Phi) is 3.55. The molecule has 3 nitrogen and oxygen atoms in total. The average molecular weight is 272 g/mol. The molecule has 2 bridgehead atoms. The molecule has 4 unspecified atom stereocenters. The summed E-state index contributed by atoms with van der Waals surface area (Å²) in [6, 6.07) is 8.34. The highest BCUT2D eigenvalue weighted by atomic mass is 16.2. The number of amides is 1. The van der Waals surface area contributed by atoms with Crippen LogP contribution in [0.15, 0.2) is 24.3 Å². The summed E-state index contributed by atoms with van der Waals surface area (Å²) in [6.07, 6.45) is 3.54. The summed E-state index contributed by atoms with van der Waals surface area (Å²) in [5.74, 6) is 1.27. The maximum absolute atomic E-state index is 12.5. The highest BCUT2D eigenvalue weighted by Gasteiger charge is 2.49. The van der Waals surface area contributed by atoms with E-state index in [1.165, 1.54) is 24.0 Å². The first kappa shape index (κ1) is 13.6. The van der Waals surface area contributed by atoms with Crippen LogP contribution in [0.2, 0.25) is 0 Å². The van der Waals surface area contributed by atoms with Gasteiger partial charge in [0.1, 0.15) is 0 Å². The van der Waals surface area contributed by atoms with Crippen LogP contribution < -0.4 is 11.1 Å². The lowest BCUT2D eigenvalue weighted by atomic mass is 9.84. The van der Waals surface area contributed by atoms with E-state index in [1.807, 2.05) is 12.1 Å². The van der Waals surface area contributed by atoms with Crippen molar-refractivity contribution >= 4 is 5.91 Å². The van der Waals surface area contributed by atoms with Crippen LogP contribution in [0.25, 0.3) is 0 Å². The Morgan fingerprint density at radius 3 is 2.65 bits per heavy atom. The van der Waals surface area contributed by atoms with Gasteiger partial charge in [-0.15, -0.1) is 0 Å². The minimum absolute atomic E-state index is 0.0280. The second-order valence-corrected chi connectivity index (χ2v) is 6.52. The number of hydrogen-bond acceptors (Lipinski definition) is 2. The Balaban J connectivity index is 1.69. The first-order chi connectivity index (χ1) is 9.58. The molecule has 2 saturated carbocycles. The van der Waals surface area contributed by atoms with Crippen molar-refractivity contribution in [3.63, 3.8) is 0 Å². The van der Waals surface area contributed by atoms with Gasteiger partial charge in [0.15, 0.2) is 0 Å². The lowest BCUT2D eigenvalue weighted by Gasteiger charge is -2.28. The third kappa shape index (κ3) is 2.24. The van der Waals surface area contributed by atoms with Gasteiger partial charge in [0.25, 0.3) is 0 Å². The zero-order valence-electron chi connectivity index (χ0n) is 12.3. The number of benzene rings is 1. The number of aryl methyl sites for hydroxylation is 1. The zero-order chi connectivity index (χ0) is 14.3. The number of fused-ring (bicyclic) bond motifs is 2. The molecule has 2 aliphatic rings. The first-order valence-electron chi connectivity index (χ1n) is 7.69. The van der Waals surface area contributed by atoms with E-state index in [0.29, 0.717) is 11.8 Å². The van der Waals surface area contributed by atoms with Crippen LogP contribution >= 0.6 is 0 Å². The summed E-state index contributed by atoms with van der Waals surface area (Å²) < 4.78 is 0. The minimum atomic E-state index is 0.0280. The molecule has 2 fully saturated rings. The number of nitrogens with two attached hydrogens (primary N) is 1. The Labute approximate surface area is 120 Å². The summed E-state index contributed by atoms with van der Waals surface area (Å²) in [5.41, 5.74) is 8.66.